The number of para-hydroxylation sites is 4. The minimum Gasteiger partial charge on any atom is -0.457 e. The third-order valence-electron chi connectivity index (χ3n) is 14.5. The van der Waals surface area contributed by atoms with Gasteiger partial charge in [-0.3, -0.25) is 0 Å². The van der Waals surface area contributed by atoms with Gasteiger partial charge in [0.15, 0.2) is 17.5 Å². The molecule has 0 atom stereocenters. The molecule has 0 saturated carbocycles. The van der Waals surface area contributed by atoms with E-state index < -0.39 is 5.41 Å². The first-order chi connectivity index (χ1) is 34.7. The van der Waals surface area contributed by atoms with Crippen molar-refractivity contribution in [1.82, 2.24) is 19.5 Å². The fourth-order valence-electron chi connectivity index (χ4n) is 11.5. The molecule has 4 heterocycles. The molecule has 0 saturated heterocycles. The van der Waals surface area contributed by atoms with Crippen LogP contribution in [-0.2, 0) is 5.41 Å². The van der Waals surface area contributed by atoms with Crippen molar-refractivity contribution in [1.29, 1.82) is 0 Å². The molecule has 326 valence electrons. The maximum Gasteiger partial charge on any atom is 0.164 e. The molecule has 0 radical (unpaired) electrons. The Balaban J connectivity index is 0.974. The second kappa shape index (κ2) is 14.8. The lowest BCUT2D eigenvalue weighted by Crippen LogP contribution is -2.32. The van der Waals surface area contributed by atoms with Crippen molar-refractivity contribution >= 4 is 43.7 Å². The van der Waals surface area contributed by atoms with Crippen LogP contribution in [0, 0.1) is 0 Å². The number of hydrogen-bond acceptors (Lipinski definition) is 5. The number of rotatable bonds is 5. The summed E-state index contributed by atoms with van der Waals surface area (Å²) in [7, 11) is 0. The quantitative estimate of drug-likeness (QED) is 0.172. The standard InChI is InChI=1S/C64H38N4O2/c1-4-16-39(17-5-1)61-65-62(40-18-6-2-7-19-40)67-63(66-61)43-28-31-45-47-36-41(29-32-49(47)64(52(45)38-43)50-23-11-14-26-56(50)70-57-27-15-12-24-51(57)64)42-30-33-53-48(37-42)59-54(68(53)44-20-8-3-9-21-44)34-35-58-60(59)46-22-10-13-25-55(46)69-58/h1-38H. The Morgan fingerprint density at radius 1 is 0.343 bits per heavy atom. The molecular weight excluding hydrogens is 857 g/mol. The van der Waals surface area contributed by atoms with Crippen molar-refractivity contribution in [3.63, 3.8) is 0 Å². The van der Waals surface area contributed by atoms with E-state index in [-0.39, 0.29) is 0 Å². The molecule has 13 aromatic rings. The molecule has 0 fully saturated rings. The van der Waals surface area contributed by atoms with Gasteiger partial charge in [0.05, 0.1) is 16.4 Å². The highest BCUT2D eigenvalue weighted by Crippen LogP contribution is 2.63. The van der Waals surface area contributed by atoms with E-state index >= 15 is 0 Å². The van der Waals surface area contributed by atoms with E-state index in [1.165, 1.54) is 21.9 Å². The van der Waals surface area contributed by atoms with Gasteiger partial charge in [0.2, 0.25) is 0 Å². The van der Waals surface area contributed by atoms with Crippen molar-refractivity contribution in [2.45, 2.75) is 5.41 Å². The summed E-state index contributed by atoms with van der Waals surface area (Å²) in [6, 6.07) is 81.4. The van der Waals surface area contributed by atoms with Gasteiger partial charge in [0, 0.05) is 55.0 Å². The van der Waals surface area contributed by atoms with Gasteiger partial charge in [0.1, 0.15) is 22.7 Å². The fourth-order valence-corrected chi connectivity index (χ4v) is 11.5. The predicted molar refractivity (Wildman–Crippen MR) is 281 cm³/mol. The van der Waals surface area contributed by atoms with Crippen LogP contribution in [0.4, 0.5) is 0 Å². The Hall–Kier alpha value is -9.39. The molecule has 6 nitrogen and oxygen atoms in total. The van der Waals surface area contributed by atoms with Crippen LogP contribution in [0.2, 0.25) is 0 Å². The maximum absolute atomic E-state index is 6.75. The lowest BCUT2D eigenvalue weighted by atomic mass is 9.66. The highest BCUT2D eigenvalue weighted by molar-refractivity contribution is 6.27. The van der Waals surface area contributed by atoms with Crippen LogP contribution in [0.3, 0.4) is 0 Å². The number of nitrogens with zero attached hydrogens (tertiary/aromatic N) is 4. The van der Waals surface area contributed by atoms with Crippen molar-refractivity contribution in [3.8, 4) is 73.6 Å². The van der Waals surface area contributed by atoms with Crippen LogP contribution in [0.15, 0.2) is 235 Å². The second-order valence-corrected chi connectivity index (χ2v) is 18.2. The van der Waals surface area contributed by atoms with Crippen LogP contribution in [0.5, 0.6) is 11.5 Å². The van der Waals surface area contributed by atoms with Crippen molar-refractivity contribution in [2.75, 3.05) is 0 Å². The molecule has 0 amide bonds. The monoisotopic (exact) mass is 894 g/mol. The lowest BCUT2D eigenvalue weighted by Gasteiger charge is -2.39. The molecule has 1 spiro atoms. The van der Waals surface area contributed by atoms with E-state index in [0.717, 1.165) is 100 Å². The van der Waals surface area contributed by atoms with Gasteiger partial charge in [-0.05, 0) is 100 Å². The number of fused-ring (bicyclic) bond motifs is 16. The summed E-state index contributed by atoms with van der Waals surface area (Å²) in [6.07, 6.45) is 0. The van der Waals surface area contributed by atoms with E-state index in [9.17, 15) is 0 Å². The van der Waals surface area contributed by atoms with Crippen LogP contribution in [0.25, 0.3) is 106 Å². The zero-order valence-electron chi connectivity index (χ0n) is 37.5. The Kier molecular flexibility index (Phi) is 8.18. The second-order valence-electron chi connectivity index (χ2n) is 18.2. The summed E-state index contributed by atoms with van der Waals surface area (Å²) in [6.45, 7) is 0. The number of ether oxygens (including phenoxy) is 1. The van der Waals surface area contributed by atoms with E-state index in [0.29, 0.717) is 17.5 Å². The van der Waals surface area contributed by atoms with Crippen LogP contribution in [-0.4, -0.2) is 19.5 Å². The SMILES string of the molecule is c1ccc(-c2nc(-c3ccccc3)nc(-c3ccc4c(c3)C3(c5ccccc5Oc5ccccc53)c3ccc(-c5ccc6c(c5)c5c7c(ccc5n6-c5ccccc5)oc5ccccc57)cc3-4)n2)cc1. The Morgan fingerprint density at radius 3 is 1.63 bits per heavy atom. The third kappa shape index (κ3) is 5.53. The van der Waals surface area contributed by atoms with Gasteiger partial charge >= 0.3 is 0 Å². The molecule has 2 aliphatic rings. The van der Waals surface area contributed by atoms with E-state index in [1.54, 1.807) is 0 Å². The molecule has 6 heteroatoms. The first-order valence-corrected chi connectivity index (χ1v) is 23.7. The van der Waals surface area contributed by atoms with E-state index in [1.807, 2.05) is 42.5 Å². The summed E-state index contributed by atoms with van der Waals surface area (Å²) in [4.78, 5) is 15.4. The topological polar surface area (TPSA) is 66.0 Å². The molecule has 3 aromatic heterocycles. The van der Waals surface area contributed by atoms with E-state index in [2.05, 4.69) is 193 Å². The van der Waals surface area contributed by atoms with Crippen molar-refractivity contribution in [2.24, 2.45) is 0 Å². The zero-order valence-corrected chi connectivity index (χ0v) is 37.5. The van der Waals surface area contributed by atoms with Gasteiger partial charge in [-0.25, -0.2) is 15.0 Å². The smallest absolute Gasteiger partial charge is 0.164 e. The molecule has 0 bridgehead atoms. The molecule has 15 rings (SSSR count). The summed E-state index contributed by atoms with van der Waals surface area (Å²) >= 11 is 0. The van der Waals surface area contributed by atoms with Crippen molar-refractivity contribution < 1.29 is 9.15 Å². The van der Waals surface area contributed by atoms with Crippen LogP contribution in [0.1, 0.15) is 22.3 Å². The summed E-state index contributed by atoms with van der Waals surface area (Å²) < 4.78 is 15.6. The molecule has 1 aliphatic heterocycles. The molecular formula is C64H38N4O2. The highest BCUT2D eigenvalue weighted by atomic mass is 16.5. The number of furan rings is 1. The summed E-state index contributed by atoms with van der Waals surface area (Å²) in [5.74, 6) is 3.54. The number of aromatic nitrogens is 4. The minimum absolute atomic E-state index is 0.610. The average Bonchev–Trinajstić information content (AvgIpc) is 4.07. The zero-order chi connectivity index (χ0) is 45.9. The van der Waals surface area contributed by atoms with Gasteiger partial charge < -0.3 is 13.7 Å². The molecule has 0 N–H and O–H groups in total. The highest BCUT2D eigenvalue weighted by Gasteiger charge is 2.51. The molecule has 1 aliphatic carbocycles. The van der Waals surface area contributed by atoms with Gasteiger partial charge in [0.25, 0.3) is 0 Å². The first kappa shape index (κ1) is 38.7. The van der Waals surface area contributed by atoms with Gasteiger partial charge in [-0.15, -0.1) is 0 Å². The predicted octanol–water partition coefficient (Wildman–Crippen LogP) is 16.0. The maximum atomic E-state index is 6.75. The van der Waals surface area contributed by atoms with E-state index in [4.69, 9.17) is 24.1 Å². The first-order valence-electron chi connectivity index (χ1n) is 23.7. The summed E-state index contributed by atoms with van der Waals surface area (Å²) in [5.41, 5.74) is 16.3. The normalized spacial score (nSPS) is 13.1. The molecule has 70 heavy (non-hydrogen) atoms. The van der Waals surface area contributed by atoms with Crippen LogP contribution >= 0.6 is 0 Å². The largest absolute Gasteiger partial charge is 0.457 e. The third-order valence-corrected chi connectivity index (χ3v) is 14.5. The lowest BCUT2D eigenvalue weighted by molar-refractivity contribution is 0.436. The van der Waals surface area contributed by atoms with Crippen molar-refractivity contribution in [3.05, 3.63) is 253 Å². The fraction of sp³-hybridized carbons (Fsp3) is 0.0156. The molecule has 10 aromatic carbocycles. The van der Waals surface area contributed by atoms with Gasteiger partial charge in [-0.2, -0.15) is 0 Å². The minimum atomic E-state index is -0.705. The number of hydrogen-bond donors (Lipinski definition) is 0. The molecule has 0 unspecified atom stereocenters. The Bertz CT molecular complexity index is 4170. The Morgan fingerprint density at radius 2 is 0.914 bits per heavy atom. The average molecular weight is 895 g/mol. The van der Waals surface area contributed by atoms with Crippen LogP contribution < -0.4 is 4.74 Å². The Labute approximate surface area is 402 Å². The number of benzene rings is 10. The van der Waals surface area contributed by atoms with Gasteiger partial charge in [-0.1, -0.05) is 164 Å². The summed E-state index contributed by atoms with van der Waals surface area (Å²) in [5, 5.41) is 4.60.